The molecular formula is C21H37N3O3S. The molecule has 0 bridgehead atoms. The third-order valence-corrected chi connectivity index (χ3v) is 6.99. The first-order chi connectivity index (χ1) is 13.1. The first-order valence-corrected chi connectivity index (χ1v) is 11.7. The summed E-state index contributed by atoms with van der Waals surface area (Å²) < 4.78 is 26.4. The standard InChI is InChI=1S/C21H37N3O3S/c1-7-23(8-2)28(26,27)20-12-9-19(10-13-20)11-14-21(25)22-15-16-24(17(3)4)18(5)6/h9-10,12-13,17-18H,7-8,11,14-16H2,1-6H3,(H,22,25). The van der Waals surface area contributed by atoms with E-state index >= 15 is 0 Å². The molecule has 0 spiro atoms. The highest BCUT2D eigenvalue weighted by molar-refractivity contribution is 7.89. The van der Waals surface area contributed by atoms with Crippen LogP contribution >= 0.6 is 0 Å². The van der Waals surface area contributed by atoms with Crippen molar-refractivity contribution in [1.29, 1.82) is 0 Å². The fourth-order valence-electron chi connectivity index (χ4n) is 3.32. The third kappa shape index (κ3) is 7.18. The van der Waals surface area contributed by atoms with Crippen LogP contribution in [0.4, 0.5) is 0 Å². The first-order valence-electron chi connectivity index (χ1n) is 10.2. The molecule has 0 saturated heterocycles. The van der Waals surface area contributed by atoms with E-state index in [0.29, 0.717) is 49.5 Å². The third-order valence-electron chi connectivity index (χ3n) is 4.93. The van der Waals surface area contributed by atoms with E-state index in [0.717, 1.165) is 12.1 Å². The number of carbonyl (C=O) groups excluding carboxylic acids is 1. The number of aryl methyl sites for hydroxylation is 1. The Bertz CT molecular complexity index is 688. The molecule has 28 heavy (non-hydrogen) atoms. The van der Waals surface area contributed by atoms with Crippen molar-refractivity contribution in [3.8, 4) is 0 Å². The molecule has 1 amide bonds. The van der Waals surface area contributed by atoms with Crippen LogP contribution in [0.1, 0.15) is 53.5 Å². The molecule has 0 fully saturated rings. The fraction of sp³-hybridized carbons (Fsp3) is 0.667. The smallest absolute Gasteiger partial charge is 0.243 e. The Kier molecular flexibility index (Phi) is 10.1. The number of amides is 1. The van der Waals surface area contributed by atoms with E-state index in [1.165, 1.54) is 4.31 Å². The lowest BCUT2D eigenvalue weighted by atomic mass is 10.1. The molecule has 1 rings (SSSR count). The van der Waals surface area contributed by atoms with Crippen molar-refractivity contribution in [2.45, 2.75) is 71.4 Å². The maximum atomic E-state index is 12.5. The van der Waals surface area contributed by atoms with Gasteiger partial charge >= 0.3 is 0 Å². The highest BCUT2D eigenvalue weighted by Crippen LogP contribution is 2.16. The Hall–Kier alpha value is -1.44. The Morgan fingerprint density at radius 3 is 2.00 bits per heavy atom. The van der Waals surface area contributed by atoms with Crippen LogP contribution < -0.4 is 5.32 Å². The zero-order valence-corrected chi connectivity index (χ0v) is 19.1. The van der Waals surface area contributed by atoms with Gasteiger partial charge in [-0.1, -0.05) is 26.0 Å². The quantitative estimate of drug-likeness (QED) is 0.574. The first kappa shape index (κ1) is 24.6. The van der Waals surface area contributed by atoms with Gasteiger partial charge in [-0.15, -0.1) is 0 Å². The Morgan fingerprint density at radius 2 is 1.54 bits per heavy atom. The molecule has 0 aromatic heterocycles. The zero-order valence-electron chi connectivity index (χ0n) is 18.2. The molecule has 1 aromatic carbocycles. The fourth-order valence-corrected chi connectivity index (χ4v) is 4.78. The summed E-state index contributed by atoms with van der Waals surface area (Å²) in [5.41, 5.74) is 0.958. The summed E-state index contributed by atoms with van der Waals surface area (Å²) in [6.45, 7) is 14.7. The number of hydrogen-bond acceptors (Lipinski definition) is 4. The number of sulfonamides is 1. The van der Waals surface area contributed by atoms with Crippen molar-refractivity contribution in [2.75, 3.05) is 26.2 Å². The molecule has 0 aliphatic heterocycles. The number of rotatable bonds is 12. The largest absolute Gasteiger partial charge is 0.355 e. The van der Waals surface area contributed by atoms with Crippen molar-refractivity contribution < 1.29 is 13.2 Å². The van der Waals surface area contributed by atoms with E-state index in [1.54, 1.807) is 24.3 Å². The van der Waals surface area contributed by atoms with Crippen LogP contribution in [-0.2, 0) is 21.2 Å². The summed E-state index contributed by atoms with van der Waals surface area (Å²) in [4.78, 5) is 14.7. The van der Waals surface area contributed by atoms with E-state index < -0.39 is 10.0 Å². The highest BCUT2D eigenvalue weighted by atomic mass is 32.2. The van der Waals surface area contributed by atoms with Gasteiger partial charge in [-0.25, -0.2) is 8.42 Å². The Morgan fingerprint density at radius 1 is 1.00 bits per heavy atom. The van der Waals surface area contributed by atoms with Crippen LogP contribution in [0.3, 0.4) is 0 Å². The predicted octanol–water partition coefficient (Wildman–Crippen LogP) is 2.88. The molecule has 7 heteroatoms. The number of hydrogen-bond donors (Lipinski definition) is 1. The van der Waals surface area contributed by atoms with Gasteiger partial charge in [0.05, 0.1) is 4.90 Å². The second-order valence-electron chi connectivity index (χ2n) is 7.51. The molecule has 0 aliphatic rings. The van der Waals surface area contributed by atoms with Crippen molar-refractivity contribution in [1.82, 2.24) is 14.5 Å². The molecule has 0 radical (unpaired) electrons. The maximum Gasteiger partial charge on any atom is 0.243 e. The summed E-state index contributed by atoms with van der Waals surface area (Å²) in [7, 11) is -3.43. The van der Waals surface area contributed by atoms with Gasteiger partial charge in [-0.2, -0.15) is 4.31 Å². The Balaban J connectivity index is 2.52. The van der Waals surface area contributed by atoms with E-state index in [9.17, 15) is 13.2 Å². The molecule has 1 N–H and O–H groups in total. The SMILES string of the molecule is CCN(CC)S(=O)(=O)c1ccc(CCC(=O)NCCN(C(C)C)C(C)C)cc1. The lowest BCUT2D eigenvalue weighted by molar-refractivity contribution is -0.121. The van der Waals surface area contributed by atoms with E-state index in [1.807, 2.05) is 13.8 Å². The van der Waals surface area contributed by atoms with Gasteiger partial charge in [0.2, 0.25) is 15.9 Å². The minimum atomic E-state index is -3.43. The molecule has 0 saturated carbocycles. The number of benzene rings is 1. The molecule has 0 unspecified atom stereocenters. The summed E-state index contributed by atoms with van der Waals surface area (Å²) in [5.74, 6) is 0.0206. The minimum absolute atomic E-state index is 0.0206. The van der Waals surface area contributed by atoms with Crippen LogP contribution in [0.2, 0.25) is 0 Å². The van der Waals surface area contributed by atoms with Gasteiger partial charge in [0.15, 0.2) is 0 Å². The number of nitrogens with one attached hydrogen (secondary N) is 1. The van der Waals surface area contributed by atoms with E-state index in [4.69, 9.17) is 0 Å². The molecular weight excluding hydrogens is 374 g/mol. The van der Waals surface area contributed by atoms with Crippen LogP contribution in [0.5, 0.6) is 0 Å². The lowest BCUT2D eigenvalue weighted by Crippen LogP contribution is -2.42. The van der Waals surface area contributed by atoms with Crippen molar-refractivity contribution in [3.63, 3.8) is 0 Å². The molecule has 0 atom stereocenters. The second-order valence-corrected chi connectivity index (χ2v) is 9.45. The average molecular weight is 412 g/mol. The number of nitrogens with zero attached hydrogens (tertiary/aromatic N) is 2. The predicted molar refractivity (Wildman–Crippen MR) is 115 cm³/mol. The van der Waals surface area contributed by atoms with E-state index in [2.05, 4.69) is 37.9 Å². The van der Waals surface area contributed by atoms with Gasteiger partial charge < -0.3 is 5.32 Å². The van der Waals surface area contributed by atoms with Gasteiger partial charge in [-0.05, 0) is 51.8 Å². The van der Waals surface area contributed by atoms with Gasteiger partial charge in [0.25, 0.3) is 0 Å². The summed E-state index contributed by atoms with van der Waals surface area (Å²) >= 11 is 0. The van der Waals surface area contributed by atoms with Crippen molar-refractivity contribution in [3.05, 3.63) is 29.8 Å². The van der Waals surface area contributed by atoms with Gasteiger partial charge in [0, 0.05) is 44.7 Å². The van der Waals surface area contributed by atoms with Crippen molar-refractivity contribution in [2.24, 2.45) is 0 Å². The average Bonchev–Trinajstić information content (AvgIpc) is 2.64. The van der Waals surface area contributed by atoms with Gasteiger partial charge in [-0.3, -0.25) is 9.69 Å². The summed E-state index contributed by atoms with van der Waals surface area (Å²) in [6.07, 6.45) is 0.987. The summed E-state index contributed by atoms with van der Waals surface area (Å²) in [6, 6.07) is 7.74. The molecule has 0 heterocycles. The molecule has 0 aliphatic carbocycles. The number of carbonyl (C=O) groups is 1. The van der Waals surface area contributed by atoms with E-state index in [-0.39, 0.29) is 5.91 Å². The zero-order chi connectivity index (χ0) is 21.3. The van der Waals surface area contributed by atoms with Gasteiger partial charge in [0.1, 0.15) is 0 Å². The Labute approximate surface area is 171 Å². The monoisotopic (exact) mass is 411 g/mol. The normalized spacial score (nSPS) is 12.4. The van der Waals surface area contributed by atoms with Crippen LogP contribution in [-0.4, -0.2) is 61.8 Å². The second kappa shape index (κ2) is 11.5. The molecule has 160 valence electrons. The topological polar surface area (TPSA) is 69.7 Å². The van der Waals surface area contributed by atoms with Crippen LogP contribution in [0, 0.1) is 0 Å². The lowest BCUT2D eigenvalue weighted by Gasteiger charge is -2.30. The highest BCUT2D eigenvalue weighted by Gasteiger charge is 2.21. The molecule has 6 nitrogen and oxygen atoms in total. The van der Waals surface area contributed by atoms with Crippen molar-refractivity contribution >= 4 is 15.9 Å². The van der Waals surface area contributed by atoms with Crippen LogP contribution in [0.25, 0.3) is 0 Å². The summed E-state index contributed by atoms with van der Waals surface area (Å²) in [5, 5.41) is 2.98. The maximum absolute atomic E-state index is 12.5. The van der Waals surface area contributed by atoms with Crippen LogP contribution in [0.15, 0.2) is 29.2 Å². The molecule has 1 aromatic rings. The minimum Gasteiger partial charge on any atom is -0.355 e.